The number of benzene rings is 1. The maximum Gasteiger partial charge on any atom is 0.321 e. The fraction of sp³-hybridized carbons (Fsp3) is 0.471. The molecule has 0 saturated heterocycles. The maximum atomic E-state index is 11.4. The third-order valence-corrected chi connectivity index (χ3v) is 4.38. The van der Waals surface area contributed by atoms with E-state index in [0.29, 0.717) is 5.92 Å². The van der Waals surface area contributed by atoms with Crippen LogP contribution in [0.4, 0.5) is 0 Å². The number of aliphatic carboxylic acids is 1. The Morgan fingerprint density at radius 3 is 2.35 bits per heavy atom. The molecule has 0 aliphatic heterocycles. The molecule has 0 aromatic heterocycles. The maximum absolute atomic E-state index is 11.4. The predicted molar refractivity (Wildman–Crippen MR) is 81.2 cm³/mol. The van der Waals surface area contributed by atoms with Crippen LogP contribution in [0.15, 0.2) is 36.9 Å². The lowest BCUT2D eigenvalue weighted by Gasteiger charge is -2.34. The summed E-state index contributed by atoms with van der Waals surface area (Å²) in [5.41, 5.74) is 7.84. The van der Waals surface area contributed by atoms with Crippen LogP contribution in [0.2, 0.25) is 0 Å². The van der Waals surface area contributed by atoms with Crippen molar-refractivity contribution < 1.29 is 9.90 Å². The molecule has 0 spiro atoms. The zero-order chi connectivity index (χ0) is 14.5. The van der Waals surface area contributed by atoms with Gasteiger partial charge < -0.3 is 10.8 Å². The Hall–Kier alpha value is -1.61. The van der Waals surface area contributed by atoms with Gasteiger partial charge in [0.1, 0.15) is 6.04 Å². The molecule has 0 heterocycles. The molecule has 0 amide bonds. The van der Waals surface area contributed by atoms with Crippen molar-refractivity contribution >= 4 is 11.5 Å². The van der Waals surface area contributed by atoms with E-state index in [2.05, 4.69) is 6.58 Å². The van der Waals surface area contributed by atoms with Gasteiger partial charge in [-0.1, -0.05) is 56.2 Å². The summed E-state index contributed by atoms with van der Waals surface area (Å²) in [5, 5.41) is 9.31. The Balaban J connectivity index is 2.25. The number of carbonyl (C=O) groups is 1. The highest BCUT2D eigenvalue weighted by molar-refractivity contribution is 5.79. The first-order valence-corrected chi connectivity index (χ1v) is 7.34. The normalized spacial score (nSPS) is 19.2. The molecule has 0 bridgehead atoms. The highest BCUT2D eigenvalue weighted by Crippen LogP contribution is 2.38. The zero-order valence-corrected chi connectivity index (χ0v) is 11.8. The van der Waals surface area contributed by atoms with E-state index in [0.717, 1.165) is 36.8 Å². The first kappa shape index (κ1) is 14.8. The summed E-state index contributed by atoms with van der Waals surface area (Å²) >= 11 is 0. The van der Waals surface area contributed by atoms with Crippen LogP contribution in [-0.2, 0) is 4.79 Å². The van der Waals surface area contributed by atoms with Gasteiger partial charge in [-0.15, -0.1) is 0 Å². The molecule has 2 atom stereocenters. The van der Waals surface area contributed by atoms with Gasteiger partial charge in [0.2, 0.25) is 0 Å². The van der Waals surface area contributed by atoms with E-state index in [1.807, 2.05) is 30.3 Å². The van der Waals surface area contributed by atoms with E-state index in [1.165, 1.54) is 6.42 Å². The first-order valence-electron chi connectivity index (χ1n) is 7.34. The number of nitrogens with two attached hydrogens (primary N) is 1. The number of hydrogen-bond acceptors (Lipinski definition) is 2. The van der Waals surface area contributed by atoms with Crippen LogP contribution in [0.5, 0.6) is 0 Å². The van der Waals surface area contributed by atoms with Gasteiger partial charge in [-0.05, 0) is 29.9 Å². The van der Waals surface area contributed by atoms with Gasteiger partial charge in [0.25, 0.3) is 0 Å². The fourth-order valence-electron chi connectivity index (χ4n) is 3.29. The lowest BCUT2D eigenvalue weighted by atomic mass is 9.72. The topological polar surface area (TPSA) is 63.3 Å². The minimum Gasteiger partial charge on any atom is -0.480 e. The average molecular weight is 273 g/mol. The number of carboxylic acid groups (broad SMARTS) is 1. The standard InChI is InChI=1S/C17H23NO2/c1-12(13-8-4-2-5-9-13)15(16(18)17(19)20)14-10-6-3-7-11-14/h2,4-5,8-9,14-16H,1,3,6-7,10-11,18H2,(H,19,20). The highest BCUT2D eigenvalue weighted by Gasteiger charge is 2.34. The third-order valence-electron chi connectivity index (χ3n) is 4.38. The molecule has 2 unspecified atom stereocenters. The van der Waals surface area contributed by atoms with Crippen LogP contribution < -0.4 is 5.73 Å². The first-order chi connectivity index (χ1) is 9.61. The molecular weight excluding hydrogens is 250 g/mol. The lowest BCUT2D eigenvalue weighted by Crippen LogP contribution is -2.42. The van der Waals surface area contributed by atoms with Crippen LogP contribution in [0.3, 0.4) is 0 Å². The molecule has 0 radical (unpaired) electrons. The van der Waals surface area contributed by atoms with Crippen molar-refractivity contribution in [3.8, 4) is 0 Å². The Morgan fingerprint density at radius 1 is 1.20 bits per heavy atom. The van der Waals surface area contributed by atoms with Crippen molar-refractivity contribution in [2.45, 2.75) is 38.1 Å². The van der Waals surface area contributed by atoms with Crippen LogP contribution in [0, 0.1) is 11.8 Å². The highest BCUT2D eigenvalue weighted by atomic mass is 16.4. The molecule has 1 saturated carbocycles. The lowest BCUT2D eigenvalue weighted by molar-refractivity contribution is -0.139. The Morgan fingerprint density at radius 2 is 1.80 bits per heavy atom. The Bertz CT molecular complexity index is 463. The van der Waals surface area contributed by atoms with Gasteiger partial charge in [0.15, 0.2) is 0 Å². The minimum atomic E-state index is -0.933. The van der Waals surface area contributed by atoms with Gasteiger partial charge in [-0.25, -0.2) is 0 Å². The monoisotopic (exact) mass is 273 g/mol. The van der Waals surface area contributed by atoms with Gasteiger partial charge >= 0.3 is 5.97 Å². The molecule has 1 aromatic rings. The molecule has 20 heavy (non-hydrogen) atoms. The molecule has 3 nitrogen and oxygen atoms in total. The van der Waals surface area contributed by atoms with E-state index < -0.39 is 12.0 Å². The summed E-state index contributed by atoms with van der Waals surface area (Å²) in [4.78, 5) is 11.4. The van der Waals surface area contributed by atoms with Crippen molar-refractivity contribution in [2.75, 3.05) is 0 Å². The Labute approximate surface area is 120 Å². The molecule has 1 aliphatic rings. The van der Waals surface area contributed by atoms with Crippen LogP contribution in [0.1, 0.15) is 37.7 Å². The van der Waals surface area contributed by atoms with Gasteiger partial charge in [0.05, 0.1) is 0 Å². The van der Waals surface area contributed by atoms with Crippen molar-refractivity contribution in [3.05, 3.63) is 42.5 Å². The number of hydrogen-bond donors (Lipinski definition) is 2. The van der Waals surface area contributed by atoms with Gasteiger partial charge in [-0.2, -0.15) is 0 Å². The number of rotatable bonds is 5. The van der Waals surface area contributed by atoms with E-state index in [9.17, 15) is 9.90 Å². The average Bonchev–Trinajstić information content (AvgIpc) is 2.49. The molecule has 3 heteroatoms. The van der Waals surface area contributed by atoms with Crippen LogP contribution in [-0.4, -0.2) is 17.1 Å². The van der Waals surface area contributed by atoms with E-state index in [4.69, 9.17) is 5.73 Å². The quantitative estimate of drug-likeness (QED) is 0.865. The second-order valence-electron chi connectivity index (χ2n) is 5.68. The summed E-state index contributed by atoms with van der Waals surface area (Å²) in [5.74, 6) is -0.768. The van der Waals surface area contributed by atoms with E-state index in [-0.39, 0.29) is 5.92 Å². The number of carboxylic acids is 1. The summed E-state index contributed by atoms with van der Waals surface area (Å²) < 4.78 is 0. The molecule has 1 aliphatic carbocycles. The van der Waals surface area contributed by atoms with Crippen LogP contribution in [0.25, 0.3) is 5.57 Å². The van der Waals surface area contributed by atoms with Crippen molar-refractivity contribution in [1.29, 1.82) is 0 Å². The summed E-state index contributed by atoms with van der Waals surface area (Å²) in [6, 6.07) is 8.93. The zero-order valence-electron chi connectivity index (χ0n) is 11.8. The molecule has 108 valence electrons. The molecule has 3 N–H and O–H groups in total. The van der Waals surface area contributed by atoms with E-state index in [1.54, 1.807) is 0 Å². The largest absolute Gasteiger partial charge is 0.480 e. The molecule has 2 rings (SSSR count). The summed E-state index contributed by atoms with van der Waals surface area (Å²) in [6.07, 6.45) is 5.67. The van der Waals surface area contributed by atoms with Crippen molar-refractivity contribution in [2.24, 2.45) is 17.6 Å². The van der Waals surface area contributed by atoms with Gasteiger partial charge in [-0.3, -0.25) is 4.79 Å². The van der Waals surface area contributed by atoms with Crippen LogP contribution >= 0.6 is 0 Å². The SMILES string of the molecule is C=C(c1ccccc1)C(C1CCCCC1)C(N)C(=O)O. The molecule has 1 aromatic carbocycles. The van der Waals surface area contributed by atoms with E-state index >= 15 is 0 Å². The minimum absolute atomic E-state index is 0.171. The predicted octanol–water partition coefficient (Wildman–Crippen LogP) is 3.31. The second kappa shape index (κ2) is 6.71. The Kier molecular flexibility index (Phi) is 4.96. The van der Waals surface area contributed by atoms with Crippen molar-refractivity contribution in [3.63, 3.8) is 0 Å². The third kappa shape index (κ3) is 3.28. The van der Waals surface area contributed by atoms with Gasteiger partial charge in [0, 0.05) is 5.92 Å². The molecule has 1 fully saturated rings. The van der Waals surface area contributed by atoms with Crippen molar-refractivity contribution in [1.82, 2.24) is 0 Å². The summed E-state index contributed by atoms with van der Waals surface area (Å²) in [6.45, 7) is 4.16. The second-order valence-corrected chi connectivity index (χ2v) is 5.68. The smallest absolute Gasteiger partial charge is 0.321 e. The summed E-state index contributed by atoms with van der Waals surface area (Å²) in [7, 11) is 0. The molecular formula is C17H23NO2. The fourth-order valence-corrected chi connectivity index (χ4v) is 3.29.